The highest BCUT2D eigenvalue weighted by Gasteiger charge is 2.28. The summed E-state index contributed by atoms with van der Waals surface area (Å²) in [4.78, 5) is 14.6. The first kappa shape index (κ1) is 14.8. The van der Waals surface area contributed by atoms with Crippen LogP contribution in [-0.4, -0.2) is 36.5 Å². The van der Waals surface area contributed by atoms with Crippen LogP contribution in [0, 0.1) is 11.3 Å². The first-order valence-electron chi connectivity index (χ1n) is 7.98. The molecule has 1 N–H and O–H groups in total. The average molecular weight is 266 g/mol. The molecule has 1 atom stereocenters. The minimum absolute atomic E-state index is 0.195. The van der Waals surface area contributed by atoms with Crippen molar-refractivity contribution < 1.29 is 4.79 Å². The Labute approximate surface area is 118 Å². The first-order valence-corrected chi connectivity index (χ1v) is 7.98. The van der Waals surface area contributed by atoms with Crippen LogP contribution in [-0.2, 0) is 4.79 Å². The molecular weight excluding hydrogens is 236 g/mol. The van der Waals surface area contributed by atoms with Crippen molar-refractivity contribution in [3.8, 4) is 0 Å². The van der Waals surface area contributed by atoms with E-state index in [1.54, 1.807) is 0 Å². The number of hydrogen-bond acceptors (Lipinski definition) is 2. The molecule has 2 rings (SSSR count). The fraction of sp³-hybridized carbons (Fsp3) is 0.938. The van der Waals surface area contributed by atoms with E-state index in [-0.39, 0.29) is 11.3 Å². The maximum atomic E-state index is 12.1. The zero-order valence-corrected chi connectivity index (χ0v) is 12.9. The molecule has 2 fully saturated rings. The molecule has 1 saturated heterocycles. The van der Waals surface area contributed by atoms with Gasteiger partial charge in [-0.2, -0.15) is 0 Å². The second-order valence-corrected chi connectivity index (χ2v) is 7.47. The summed E-state index contributed by atoms with van der Waals surface area (Å²) in [5.74, 6) is 1.11. The van der Waals surface area contributed by atoms with Gasteiger partial charge >= 0.3 is 0 Å². The van der Waals surface area contributed by atoms with E-state index in [0.29, 0.717) is 6.04 Å². The molecule has 1 unspecified atom stereocenters. The second-order valence-electron chi connectivity index (χ2n) is 7.47. The van der Waals surface area contributed by atoms with Crippen LogP contribution >= 0.6 is 0 Å². The van der Waals surface area contributed by atoms with Crippen LogP contribution in [0.15, 0.2) is 0 Å². The van der Waals surface area contributed by atoms with Crippen molar-refractivity contribution >= 4 is 5.91 Å². The van der Waals surface area contributed by atoms with Crippen LogP contribution in [0.4, 0.5) is 0 Å². The molecular formula is C16H30N2O. The second kappa shape index (κ2) is 6.25. The van der Waals surface area contributed by atoms with Crippen LogP contribution < -0.4 is 5.32 Å². The quantitative estimate of drug-likeness (QED) is 0.852. The van der Waals surface area contributed by atoms with E-state index in [0.717, 1.165) is 18.9 Å². The van der Waals surface area contributed by atoms with Crippen LogP contribution in [0.1, 0.15) is 59.3 Å². The Bertz CT molecular complexity index is 302. The fourth-order valence-corrected chi connectivity index (χ4v) is 3.30. The van der Waals surface area contributed by atoms with Gasteiger partial charge in [-0.1, -0.05) is 33.6 Å². The van der Waals surface area contributed by atoms with Gasteiger partial charge in [-0.05, 0) is 38.1 Å². The van der Waals surface area contributed by atoms with Crippen LogP contribution in [0.3, 0.4) is 0 Å². The SMILES string of the molecule is CC(C)(C)C(=O)NC1CCCN(CC2CCCC2)C1. The van der Waals surface area contributed by atoms with E-state index in [9.17, 15) is 4.79 Å². The Morgan fingerprint density at radius 1 is 1.16 bits per heavy atom. The lowest BCUT2D eigenvalue weighted by molar-refractivity contribution is -0.129. The van der Waals surface area contributed by atoms with E-state index in [1.165, 1.54) is 45.2 Å². The summed E-state index contributed by atoms with van der Waals surface area (Å²) in [6, 6.07) is 0.363. The lowest BCUT2D eigenvalue weighted by Gasteiger charge is -2.35. The van der Waals surface area contributed by atoms with Gasteiger partial charge in [-0.15, -0.1) is 0 Å². The Morgan fingerprint density at radius 3 is 2.47 bits per heavy atom. The number of piperidine rings is 1. The van der Waals surface area contributed by atoms with Gasteiger partial charge in [0.25, 0.3) is 0 Å². The van der Waals surface area contributed by atoms with Crippen LogP contribution in [0.5, 0.6) is 0 Å². The summed E-state index contributed by atoms with van der Waals surface area (Å²) in [7, 11) is 0. The first-order chi connectivity index (χ1) is 8.95. The molecule has 0 aromatic heterocycles. The van der Waals surface area contributed by atoms with Gasteiger partial charge in [0, 0.05) is 24.5 Å². The number of likely N-dealkylation sites (tertiary alicyclic amines) is 1. The topological polar surface area (TPSA) is 32.3 Å². The molecule has 2 aliphatic rings. The number of nitrogens with zero attached hydrogens (tertiary/aromatic N) is 1. The Hall–Kier alpha value is -0.570. The number of hydrogen-bond donors (Lipinski definition) is 1. The third-order valence-electron chi connectivity index (χ3n) is 4.51. The van der Waals surface area contributed by atoms with Crippen molar-refractivity contribution in [3.05, 3.63) is 0 Å². The maximum Gasteiger partial charge on any atom is 0.225 e. The van der Waals surface area contributed by atoms with Gasteiger partial charge in [0.15, 0.2) is 0 Å². The summed E-state index contributed by atoms with van der Waals surface area (Å²) in [6.45, 7) is 9.49. The van der Waals surface area contributed by atoms with Crippen molar-refractivity contribution in [3.63, 3.8) is 0 Å². The van der Waals surface area contributed by atoms with Crippen LogP contribution in [0.25, 0.3) is 0 Å². The molecule has 1 amide bonds. The van der Waals surface area contributed by atoms with E-state index in [4.69, 9.17) is 0 Å². The highest BCUT2D eigenvalue weighted by atomic mass is 16.2. The number of amides is 1. The highest BCUT2D eigenvalue weighted by molar-refractivity contribution is 5.81. The summed E-state index contributed by atoms with van der Waals surface area (Å²) >= 11 is 0. The molecule has 19 heavy (non-hydrogen) atoms. The van der Waals surface area contributed by atoms with Gasteiger partial charge < -0.3 is 10.2 Å². The molecule has 1 aliphatic carbocycles. The third kappa shape index (κ3) is 4.48. The maximum absolute atomic E-state index is 12.1. The smallest absolute Gasteiger partial charge is 0.225 e. The van der Waals surface area contributed by atoms with Gasteiger partial charge in [-0.25, -0.2) is 0 Å². The fourth-order valence-electron chi connectivity index (χ4n) is 3.30. The van der Waals surface area contributed by atoms with E-state index in [1.807, 2.05) is 20.8 Å². The molecule has 110 valence electrons. The predicted octanol–water partition coefficient (Wildman–Crippen LogP) is 2.80. The Kier molecular flexibility index (Phi) is 4.88. The Morgan fingerprint density at radius 2 is 1.84 bits per heavy atom. The molecule has 3 heteroatoms. The standard InChI is InChI=1S/C16H30N2O/c1-16(2,3)15(19)17-14-9-6-10-18(12-14)11-13-7-4-5-8-13/h13-14H,4-12H2,1-3H3,(H,17,19). The zero-order chi connectivity index (χ0) is 13.9. The normalized spacial score (nSPS) is 26.6. The molecule has 1 heterocycles. The molecule has 0 spiro atoms. The monoisotopic (exact) mass is 266 g/mol. The molecule has 1 saturated carbocycles. The number of carbonyl (C=O) groups is 1. The van der Waals surface area contributed by atoms with Crippen molar-refractivity contribution in [2.75, 3.05) is 19.6 Å². The molecule has 0 aromatic rings. The lowest BCUT2D eigenvalue weighted by atomic mass is 9.94. The van der Waals surface area contributed by atoms with E-state index < -0.39 is 0 Å². The van der Waals surface area contributed by atoms with Gasteiger partial charge in [-0.3, -0.25) is 4.79 Å². The summed E-state index contributed by atoms with van der Waals surface area (Å²) < 4.78 is 0. The molecule has 3 nitrogen and oxygen atoms in total. The largest absolute Gasteiger partial charge is 0.352 e. The minimum Gasteiger partial charge on any atom is -0.352 e. The number of rotatable bonds is 3. The Balaban J connectivity index is 1.78. The predicted molar refractivity (Wildman–Crippen MR) is 79.0 cm³/mol. The van der Waals surface area contributed by atoms with Crippen LogP contribution in [0.2, 0.25) is 0 Å². The molecule has 0 radical (unpaired) electrons. The number of carbonyl (C=O) groups excluding carboxylic acids is 1. The summed E-state index contributed by atoms with van der Waals surface area (Å²) in [5.41, 5.74) is -0.270. The molecule has 1 aliphatic heterocycles. The van der Waals surface area contributed by atoms with Crippen molar-refractivity contribution in [2.24, 2.45) is 11.3 Å². The van der Waals surface area contributed by atoms with Gasteiger partial charge in [0.1, 0.15) is 0 Å². The third-order valence-corrected chi connectivity index (χ3v) is 4.51. The average Bonchev–Trinajstić information content (AvgIpc) is 2.81. The molecule has 0 bridgehead atoms. The van der Waals surface area contributed by atoms with Crippen molar-refractivity contribution in [2.45, 2.75) is 65.3 Å². The summed E-state index contributed by atoms with van der Waals surface area (Å²) in [5, 5.41) is 3.23. The zero-order valence-electron chi connectivity index (χ0n) is 12.9. The number of nitrogens with one attached hydrogen (secondary N) is 1. The summed E-state index contributed by atoms with van der Waals surface area (Å²) in [6.07, 6.45) is 8.03. The van der Waals surface area contributed by atoms with Gasteiger partial charge in [0.2, 0.25) is 5.91 Å². The van der Waals surface area contributed by atoms with Crippen molar-refractivity contribution in [1.29, 1.82) is 0 Å². The highest BCUT2D eigenvalue weighted by Crippen LogP contribution is 2.26. The van der Waals surface area contributed by atoms with Gasteiger partial charge in [0.05, 0.1) is 0 Å². The van der Waals surface area contributed by atoms with Crippen molar-refractivity contribution in [1.82, 2.24) is 10.2 Å². The van der Waals surface area contributed by atoms with E-state index in [2.05, 4.69) is 10.2 Å². The van der Waals surface area contributed by atoms with E-state index >= 15 is 0 Å². The minimum atomic E-state index is -0.270. The molecule has 0 aromatic carbocycles. The lowest BCUT2D eigenvalue weighted by Crippen LogP contribution is -2.51.